The van der Waals surface area contributed by atoms with Crippen LogP contribution in [-0.4, -0.2) is 31.5 Å². The maximum Gasteiger partial charge on any atom is 0.270 e. The van der Waals surface area contributed by atoms with Crippen LogP contribution in [0.4, 0.5) is 11.4 Å². The molecular formula is C13H17N3O5S. The van der Waals surface area contributed by atoms with E-state index in [0.717, 1.165) is 0 Å². The van der Waals surface area contributed by atoms with Gasteiger partial charge in [-0.2, -0.15) is 0 Å². The Hall–Kier alpha value is -2.00. The van der Waals surface area contributed by atoms with E-state index in [4.69, 9.17) is 5.14 Å². The second kappa shape index (κ2) is 5.65. The number of nitrogens with two attached hydrogens (primary N) is 1. The van der Waals surface area contributed by atoms with Crippen LogP contribution in [0.3, 0.4) is 0 Å². The summed E-state index contributed by atoms with van der Waals surface area (Å²) in [6, 6.07) is 2.81. The van der Waals surface area contributed by atoms with Crippen molar-refractivity contribution in [3.05, 3.63) is 33.4 Å². The van der Waals surface area contributed by atoms with Gasteiger partial charge in [0.05, 0.1) is 10.7 Å². The van der Waals surface area contributed by atoms with E-state index in [1.54, 1.807) is 13.8 Å². The van der Waals surface area contributed by atoms with Crippen LogP contribution in [-0.2, 0) is 14.8 Å². The Morgan fingerprint density at radius 3 is 2.36 bits per heavy atom. The Bertz CT molecular complexity index is 721. The number of non-ortho nitro benzene ring substituents is 1. The standard InChI is InChI=1S/C13H17N3O5S/c1-8-3-11(16(18)19)4-9(2)13(8)15-6-10(5-12(15)17)7-22(14,20)21/h3-4,10H,5-7H2,1-2H3,(H2,14,20,21). The van der Waals surface area contributed by atoms with Crippen LogP contribution < -0.4 is 10.0 Å². The summed E-state index contributed by atoms with van der Waals surface area (Å²) in [4.78, 5) is 24.0. The Morgan fingerprint density at radius 2 is 1.91 bits per heavy atom. The summed E-state index contributed by atoms with van der Waals surface area (Å²) in [5.41, 5.74) is 1.78. The second-order valence-electron chi connectivity index (χ2n) is 5.59. The third-order valence-electron chi connectivity index (χ3n) is 3.63. The molecule has 1 unspecified atom stereocenters. The Kier molecular flexibility index (Phi) is 4.21. The van der Waals surface area contributed by atoms with E-state index >= 15 is 0 Å². The van der Waals surface area contributed by atoms with Crippen LogP contribution in [0.2, 0.25) is 0 Å². The van der Waals surface area contributed by atoms with Crippen molar-refractivity contribution in [2.24, 2.45) is 11.1 Å². The number of hydrogen-bond acceptors (Lipinski definition) is 5. The summed E-state index contributed by atoms with van der Waals surface area (Å²) in [6.07, 6.45) is 0.103. The monoisotopic (exact) mass is 327 g/mol. The van der Waals surface area contributed by atoms with Crippen molar-refractivity contribution in [2.75, 3.05) is 17.2 Å². The van der Waals surface area contributed by atoms with Gasteiger partial charge in [-0.15, -0.1) is 0 Å². The largest absolute Gasteiger partial charge is 0.312 e. The molecule has 0 aromatic heterocycles. The maximum atomic E-state index is 12.2. The molecule has 1 aliphatic heterocycles. The molecule has 22 heavy (non-hydrogen) atoms. The summed E-state index contributed by atoms with van der Waals surface area (Å²) in [7, 11) is -3.64. The molecule has 1 saturated heterocycles. The van der Waals surface area contributed by atoms with Crippen molar-refractivity contribution >= 4 is 27.3 Å². The number of nitro benzene ring substituents is 1. The lowest BCUT2D eigenvalue weighted by atomic mass is 10.1. The summed E-state index contributed by atoms with van der Waals surface area (Å²) in [6.45, 7) is 3.62. The molecule has 1 aromatic carbocycles. The summed E-state index contributed by atoms with van der Waals surface area (Å²) >= 11 is 0. The Balaban J connectivity index is 2.33. The van der Waals surface area contributed by atoms with Gasteiger partial charge in [-0.05, 0) is 25.0 Å². The van der Waals surface area contributed by atoms with Gasteiger partial charge in [0, 0.05) is 36.7 Å². The van der Waals surface area contributed by atoms with Crippen molar-refractivity contribution in [3.63, 3.8) is 0 Å². The number of anilines is 1. The number of aryl methyl sites for hydroxylation is 2. The van der Waals surface area contributed by atoms with Gasteiger partial charge >= 0.3 is 0 Å². The zero-order chi connectivity index (χ0) is 16.7. The zero-order valence-electron chi connectivity index (χ0n) is 12.3. The van der Waals surface area contributed by atoms with Crippen molar-refractivity contribution in [3.8, 4) is 0 Å². The van der Waals surface area contributed by atoms with Gasteiger partial charge in [0.2, 0.25) is 15.9 Å². The molecule has 0 spiro atoms. The third kappa shape index (κ3) is 3.42. The van der Waals surface area contributed by atoms with E-state index < -0.39 is 14.9 Å². The zero-order valence-corrected chi connectivity index (χ0v) is 13.1. The molecule has 0 aliphatic carbocycles. The Morgan fingerprint density at radius 1 is 1.36 bits per heavy atom. The lowest BCUT2D eigenvalue weighted by molar-refractivity contribution is -0.384. The number of carbonyl (C=O) groups is 1. The number of primary sulfonamides is 1. The lowest BCUT2D eigenvalue weighted by Gasteiger charge is -2.21. The number of rotatable bonds is 4. The fraction of sp³-hybridized carbons (Fsp3) is 0.462. The van der Waals surface area contributed by atoms with Gasteiger partial charge < -0.3 is 4.90 Å². The minimum atomic E-state index is -3.64. The van der Waals surface area contributed by atoms with Gasteiger partial charge in [0.15, 0.2) is 0 Å². The molecule has 1 fully saturated rings. The highest BCUT2D eigenvalue weighted by Crippen LogP contribution is 2.33. The molecule has 0 saturated carbocycles. The molecule has 9 heteroatoms. The highest BCUT2D eigenvalue weighted by atomic mass is 32.2. The first kappa shape index (κ1) is 16.4. The van der Waals surface area contributed by atoms with Gasteiger partial charge in [-0.1, -0.05) is 0 Å². The second-order valence-corrected chi connectivity index (χ2v) is 7.25. The van der Waals surface area contributed by atoms with Crippen molar-refractivity contribution < 1.29 is 18.1 Å². The molecule has 1 aliphatic rings. The number of nitrogens with zero attached hydrogens (tertiary/aromatic N) is 2. The summed E-state index contributed by atoms with van der Waals surface area (Å²) in [5, 5.41) is 15.9. The number of amides is 1. The average molecular weight is 327 g/mol. The molecule has 1 heterocycles. The number of nitro groups is 1. The SMILES string of the molecule is Cc1cc([N+](=O)[O-])cc(C)c1N1CC(CS(N)(=O)=O)CC1=O. The van der Waals surface area contributed by atoms with Gasteiger partial charge in [0.25, 0.3) is 5.69 Å². The van der Waals surface area contributed by atoms with E-state index in [1.165, 1.54) is 17.0 Å². The predicted octanol–water partition coefficient (Wildman–Crippen LogP) is 0.853. The Labute approximate surface area is 128 Å². The normalized spacial score (nSPS) is 18.8. The van der Waals surface area contributed by atoms with Crippen LogP contribution in [0.5, 0.6) is 0 Å². The minimum Gasteiger partial charge on any atom is -0.312 e. The average Bonchev–Trinajstić information content (AvgIpc) is 2.66. The first-order chi connectivity index (χ1) is 10.1. The molecule has 1 amide bonds. The molecule has 2 N–H and O–H groups in total. The number of sulfonamides is 1. The highest BCUT2D eigenvalue weighted by Gasteiger charge is 2.34. The van der Waals surface area contributed by atoms with E-state index in [1.807, 2.05) is 0 Å². The molecular weight excluding hydrogens is 310 g/mol. The summed E-state index contributed by atoms with van der Waals surface area (Å²) in [5.74, 6) is -0.814. The van der Waals surface area contributed by atoms with Crippen LogP contribution in [0.25, 0.3) is 0 Å². The molecule has 1 aromatic rings. The summed E-state index contributed by atoms with van der Waals surface area (Å²) < 4.78 is 22.3. The first-order valence-electron chi connectivity index (χ1n) is 6.65. The van der Waals surface area contributed by atoms with E-state index in [0.29, 0.717) is 16.8 Å². The molecule has 1 atom stereocenters. The maximum absolute atomic E-state index is 12.2. The predicted molar refractivity (Wildman–Crippen MR) is 81.0 cm³/mol. The molecule has 8 nitrogen and oxygen atoms in total. The van der Waals surface area contributed by atoms with Crippen LogP contribution >= 0.6 is 0 Å². The van der Waals surface area contributed by atoms with Gasteiger partial charge in [0.1, 0.15) is 0 Å². The van der Waals surface area contributed by atoms with Crippen LogP contribution in [0.1, 0.15) is 17.5 Å². The topological polar surface area (TPSA) is 124 Å². The number of carbonyl (C=O) groups excluding carboxylic acids is 1. The smallest absolute Gasteiger partial charge is 0.270 e. The fourth-order valence-electron chi connectivity index (χ4n) is 2.90. The first-order valence-corrected chi connectivity index (χ1v) is 8.36. The van der Waals surface area contributed by atoms with E-state index in [-0.39, 0.29) is 36.2 Å². The quantitative estimate of drug-likeness (QED) is 0.648. The fourth-order valence-corrected chi connectivity index (χ4v) is 3.78. The minimum absolute atomic E-state index is 0.0357. The molecule has 120 valence electrons. The van der Waals surface area contributed by atoms with Crippen LogP contribution in [0.15, 0.2) is 12.1 Å². The van der Waals surface area contributed by atoms with Gasteiger partial charge in [-0.25, -0.2) is 13.6 Å². The van der Waals surface area contributed by atoms with Crippen molar-refractivity contribution in [1.82, 2.24) is 0 Å². The van der Waals surface area contributed by atoms with Crippen molar-refractivity contribution in [2.45, 2.75) is 20.3 Å². The lowest BCUT2D eigenvalue weighted by Crippen LogP contribution is -2.28. The molecule has 0 bridgehead atoms. The van der Waals surface area contributed by atoms with E-state index in [9.17, 15) is 23.3 Å². The molecule has 0 radical (unpaired) electrons. The highest BCUT2D eigenvalue weighted by molar-refractivity contribution is 7.89. The van der Waals surface area contributed by atoms with E-state index in [2.05, 4.69) is 0 Å². The number of benzene rings is 1. The van der Waals surface area contributed by atoms with Gasteiger partial charge in [-0.3, -0.25) is 14.9 Å². The van der Waals surface area contributed by atoms with Crippen LogP contribution in [0, 0.1) is 29.9 Å². The molecule has 2 rings (SSSR count). The number of hydrogen-bond donors (Lipinski definition) is 1. The third-order valence-corrected chi connectivity index (χ3v) is 4.57. The van der Waals surface area contributed by atoms with Crippen molar-refractivity contribution in [1.29, 1.82) is 0 Å².